The molecule has 0 fully saturated rings. The fourth-order valence-corrected chi connectivity index (χ4v) is 2.28. The highest BCUT2D eigenvalue weighted by atomic mass is 16.3. The van der Waals surface area contributed by atoms with Crippen molar-refractivity contribution in [3.63, 3.8) is 0 Å². The molecule has 0 saturated carbocycles. The summed E-state index contributed by atoms with van der Waals surface area (Å²) in [7, 11) is 0. The van der Waals surface area contributed by atoms with Crippen LogP contribution in [0.1, 0.15) is 56.9 Å². The van der Waals surface area contributed by atoms with E-state index in [1.54, 1.807) is 0 Å². The Bertz CT molecular complexity index is 501. The zero-order valence-corrected chi connectivity index (χ0v) is 13.0. The second kappa shape index (κ2) is 5.35. The first-order valence-corrected chi connectivity index (χ1v) is 6.88. The maximum atomic E-state index is 10.3. The van der Waals surface area contributed by atoms with Crippen molar-refractivity contribution in [3.05, 3.63) is 34.4 Å². The minimum absolute atomic E-state index is 0.211. The van der Waals surface area contributed by atoms with Crippen LogP contribution < -0.4 is 0 Å². The second-order valence-electron chi connectivity index (χ2n) is 6.46. The summed E-state index contributed by atoms with van der Waals surface area (Å²) in [6.07, 6.45) is 1.73. The predicted molar refractivity (Wildman–Crippen MR) is 79.1 cm³/mol. The van der Waals surface area contributed by atoms with Gasteiger partial charge in [-0.1, -0.05) is 26.8 Å². The van der Waals surface area contributed by atoms with Crippen molar-refractivity contribution in [3.8, 4) is 6.07 Å². The third-order valence-corrected chi connectivity index (χ3v) is 4.46. The molecule has 0 aliphatic carbocycles. The molecule has 1 rings (SSSR count). The summed E-state index contributed by atoms with van der Waals surface area (Å²) in [4.78, 5) is 0. The van der Waals surface area contributed by atoms with E-state index in [0.717, 1.165) is 24.0 Å². The monoisotopic (exact) mass is 259 g/mol. The molecule has 104 valence electrons. The topological polar surface area (TPSA) is 44.0 Å². The van der Waals surface area contributed by atoms with Crippen molar-refractivity contribution in [2.45, 2.75) is 60.0 Å². The van der Waals surface area contributed by atoms with Crippen LogP contribution in [-0.4, -0.2) is 10.7 Å². The Morgan fingerprint density at radius 2 is 1.79 bits per heavy atom. The number of benzene rings is 1. The van der Waals surface area contributed by atoms with Gasteiger partial charge >= 0.3 is 0 Å². The fraction of sp³-hybridized carbons (Fsp3) is 0.588. The molecule has 0 saturated heterocycles. The summed E-state index contributed by atoms with van der Waals surface area (Å²) < 4.78 is 0. The van der Waals surface area contributed by atoms with Crippen LogP contribution in [-0.2, 0) is 12.8 Å². The molecule has 19 heavy (non-hydrogen) atoms. The average molecular weight is 259 g/mol. The Hall–Kier alpha value is -1.33. The molecule has 2 heteroatoms. The lowest BCUT2D eigenvalue weighted by molar-refractivity contribution is -0.0345. The number of aliphatic hydroxyl groups is 1. The van der Waals surface area contributed by atoms with Crippen molar-refractivity contribution >= 4 is 0 Å². The summed E-state index contributed by atoms with van der Waals surface area (Å²) in [5.74, 6) is 0. The van der Waals surface area contributed by atoms with Crippen LogP contribution in [0.2, 0.25) is 0 Å². The van der Waals surface area contributed by atoms with E-state index < -0.39 is 5.60 Å². The highest BCUT2D eigenvalue weighted by Crippen LogP contribution is 2.35. The molecule has 0 radical (unpaired) electrons. The molecule has 0 amide bonds. The first kappa shape index (κ1) is 15.7. The van der Waals surface area contributed by atoms with Crippen molar-refractivity contribution in [1.82, 2.24) is 0 Å². The summed E-state index contributed by atoms with van der Waals surface area (Å²) in [5.41, 5.74) is 3.37. The van der Waals surface area contributed by atoms with Crippen molar-refractivity contribution < 1.29 is 5.11 Å². The van der Waals surface area contributed by atoms with E-state index in [9.17, 15) is 5.11 Å². The van der Waals surface area contributed by atoms with Gasteiger partial charge in [0.2, 0.25) is 0 Å². The van der Waals surface area contributed by atoms with E-state index in [4.69, 9.17) is 5.26 Å². The molecule has 0 spiro atoms. The van der Waals surface area contributed by atoms with Crippen LogP contribution in [0.15, 0.2) is 12.1 Å². The van der Waals surface area contributed by atoms with Crippen LogP contribution in [0, 0.1) is 23.7 Å². The molecule has 0 aliphatic heterocycles. The molecule has 1 aromatic rings. The van der Waals surface area contributed by atoms with E-state index in [2.05, 4.69) is 26.8 Å². The van der Waals surface area contributed by atoms with E-state index in [-0.39, 0.29) is 5.41 Å². The molecular weight excluding hydrogens is 234 g/mol. The van der Waals surface area contributed by atoms with Crippen LogP contribution in [0.25, 0.3) is 0 Å². The smallest absolute Gasteiger partial charge is 0.0994 e. The van der Waals surface area contributed by atoms with E-state index in [1.807, 2.05) is 32.9 Å². The van der Waals surface area contributed by atoms with Gasteiger partial charge in [0.25, 0.3) is 0 Å². The standard InChI is InChI=1S/C17H25NO/c1-7-15-12(2)14(11-18)9-8-13(15)10-16(3,4)17(5,6)19/h8-9,19H,7,10H2,1-6H3. The second-order valence-corrected chi connectivity index (χ2v) is 6.46. The van der Waals surface area contributed by atoms with Gasteiger partial charge in [-0.2, -0.15) is 5.26 Å². The molecular formula is C17H25NO. The zero-order chi connectivity index (χ0) is 14.8. The van der Waals surface area contributed by atoms with Crippen molar-refractivity contribution in [2.75, 3.05) is 0 Å². The molecule has 0 aromatic heterocycles. The molecule has 1 N–H and O–H groups in total. The first-order valence-electron chi connectivity index (χ1n) is 6.88. The number of hydrogen-bond acceptors (Lipinski definition) is 2. The van der Waals surface area contributed by atoms with E-state index >= 15 is 0 Å². The van der Waals surface area contributed by atoms with Gasteiger partial charge in [-0.15, -0.1) is 0 Å². The molecule has 0 unspecified atom stereocenters. The minimum atomic E-state index is -0.736. The number of nitriles is 1. The Kier molecular flexibility index (Phi) is 4.43. The lowest BCUT2D eigenvalue weighted by atomic mass is 9.72. The van der Waals surface area contributed by atoms with Gasteiger partial charge in [-0.3, -0.25) is 0 Å². The maximum Gasteiger partial charge on any atom is 0.0994 e. The van der Waals surface area contributed by atoms with Crippen LogP contribution >= 0.6 is 0 Å². The first-order chi connectivity index (χ1) is 8.64. The van der Waals surface area contributed by atoms with Gasteiger partial charge in [0, 0.05) is 0 Å². The molecule has 0 aliphatic rings. The SMILES string of the molecule is CCc1c(CC(C)(C)C(C)(C)O)ccc(C#N)c1C. The Labute approximate surface area is 117 Å². The Balaban J connectivity index is 3.24. The third-order valence-electron chi connectivity index (χ3n) is 4.46. The summed E-state index contributed by atoms with van der Waals surface area (Å²) in [5, 5.41) is 19.4. The lowest BCUT2D eigenvalue weighted by Crippen LogP contribution is -2.40. The van der Waals surface area contributed by atoms with Gasteiger partial charge in [0.15, 0.2) is 0 Å². The van der Waals surface area contributed by atoms with Crippen LogP contribution in [0.5, 0.6) is 0 Å². The van der Waals surface area contributed by atoms with Gasteiger partial charge in [0.1, 0.15) is 0 Å². The third kappa shape index (κ3) is 3.16. The van der Waals surface area contributed by atoms with Crippen LogP contribution in [0.4, 0.5) is 0 Å². The predicted octanol–water partition coefficient (Wildman–Crippen LogP) is 3.77. The molecule has 2 nitrogen and oxygen atoms in total. The Morgan fingerprint density at radius 1 is 1.21 bits per heavy atom. The molecule has 0 atom stereocenters. The highest BCUT2D eigenvalue weighted by molar-refractivity contribution is 5.46. The van der Waals surface area contributed by atoms with Gasteiger partial charge in [-0.05, 0) is 61.8 Å². The zero-order valence-electron chi connectivity index (χ0n) is 13.0. The largest absolute Gasteiger partial charge is 0.390 e. The normalized spacial score (nSPS) is 12.3. The van der Waals surface area contributed by atoms with Gasteiger partial charge in [0.05, 0.1) is 17.2 Å². The highest BCUT2D eigenvalue weighted by Gasteiger charge is 2.35. The minimum Gasteiger partial charge on any atom is -0.390 e. The summed E-state index contributed by atoms with van der Waals surface area (Å²) >= 11 is 0. The van der Waals surface area contributed by atoms with Gasteiger partial charge < -0.3 is 5.11 Å². The number of hydrogen-bond donors (Lipinski definition) is 1. The molecule has 0 bridgehead atoms. The maximum absolute atomic E-state index is 10.3. The van der Waals surface area contributed by atoms with E-state index in [1.165, 1.54) is 11.1 Å². The van der Waals surface area contributed by atoms with E-state index in [0.29, 0.717) is 0 Å². The Morgan fingerprint density at radius 3 is 2.21 bits per heavy atom. The summed E-state index contributed by atoms with van der Waals surface area (Å²) in [6, 6.07) is 6.17. The quantitative estimate of drug-likeness (QED) is 0.894. The lowest BCUT2D eigenvalue weighted by Gasteiger charge is -2.38. The van der Waals surface area contributed by atoms with Crippen molar-refractivity contribution in [2.24, 2.45) is 5.41 Å². The van der Waals surface area contributed by atoms with Crippen LogP contribution in [0.3, 0.4) is 0 Å². The number of nitrogens with zero attached hydrogens (tertiary/aromatic N) is 1. The van der Waals surface area contributed by atoms with Crippen molar-refractivity contribution in [1.29, 1.82) is 5.26 Å². The summed E-state index contributed by atoms with van der Waals surface area (Å²) in [6.45, 7) is 12.0. The fourth-order valence-electron chi connectivity index (χ4n) is 2.28. The average Bonchev–Trinajstić information content (AvgIpc) is 2.27. The molecule has 1 aromatic carbocycles. The molecule has 0 heterocycles. The van der Waals surface area contributed by atoms with Gasteiger partial charge in [-0.25, -0.2) is 0 Å². The number of rotatable bonds is 4.